The Morgan fingerprint density at radius 1 is 0.522 bits per heavy atom. The molecule has 0 aromatic heterocycles. The van der Waals surface area contributed by atoms with Crippen molar-refractivity contribution >= 4 is 18.1 Å². The molecular formula is C44H53SiZr. The van der Waals surface area contributed by atoms with Gasteiger partial charge in [0.1, 0.15) is 0 Å². The number of allylic oxidation sites excluding steroid dienone is 2. The second-order valence-electron chi connectivity index (χ2n) is 13.8. The summed E-state index contributed by atoms with van der Waals surface area (Å²) in [6.45, 7) is 14.8. The summed E-state index contributed by atoms with van der Waals surface area (Å²) in [5.41, 5.74) is 18.8. The molecule has 2 heteroatoms. The maximum atomic E-state index is 2.73. The van der Waals surface area contributed by atoms with E-state index >= 15 is 0 Å². The summed E-state index contributed by atoms with van der Waals surface area (Å²) in [4.78, 5) is 0. The first-order valence-corrected chi connectivity index (χ1v) is 28.2. The third kappa shape index (κ3) is 6.34. The van der Waals surface area contributed by atoms with E-state index in [1.54, 1.807) is 33.4 Å². The van der Waals surface area contributed by atoms with Crippen molar-refractivity contribution < 1.29 is 20.9 Å². The van der Waals surface area contributed by atoms with Crippen molar-refractivity contribution in [2.45, 2.75) is 99.4 Å². The van der Waals surface area contributed by atoms with E-state index in [2.05, 4.69) is 138 Å². The van der Waals surface area contributed by atoms with E-state index in [0.29, 0.717) is 7.25 Å². The quantitative estimate of drug-likeness (QED) is 0.122. The van der Waals surface area contributed by atoms with E-state index in [9.17, 15) is 0 Å². The molecule has 0 N–H and O–H groups in total. The Kier molecular flexibility index (Phi) is 11.0. The predicted molar refractivity (Wildman–Crippen MR) is 202 cm³/mol. The van der Waals surface area contributed by atoms with Gasteiger partial charge in [0, 0.05) is 0 Å². The van der Waals surface area contributed by atoms with E-state index in [4.69, 9.17) is 0 Å². The molecule has 46 heavy (non-hydrogen) atoms. The molecule has 0 saturated carbocycles. The van der Waals surface area contributed by atoms with Crippen molar-refractivity contribution in [1.82, 2.24) is 0 Å². The molecular weight excluding hydrogens is 648 g/mol. The zero-order valence-corrected chi connectivity index (χ0v) is 32.7. The Hall–Kier alpha value is -2.54. The molecule has 0 aliphatic heterocycles. The second kappa shape index (κ2) is 15.1. The van der Waals surface area contributed by atoms with Gasteiger partial charge in [-0.05, 0) is 0 Å². The average molecular weight is 701 g/mol. The molecule has 2 unspecified atom stereocenters. The van der Waals surface area contributed by atoms with Gasteiger partial charge in [-0.15, -0.1) is 0 Å². The average Bonchev–Trinajstić information content (AvgIpc) is 3.64. The summed E-state index contributed by atoms with van der Waals surface area (Å²) in [5, 5.41) is 0. The number of rotatable bonds is 13. The molecule has 4 aromatic carbocycles. The van der Waals surface area contributed by atoms with Gasteiger partial charge in [0.15, 0.2) is 0 Å². The molecule has 237 valence electrons. The van der Waals surface area contributed by atoms with Crippen LogP contribution in [0.5, 0.6) is 0 Å². The molecule has 0 saturated heterocycles. The van der Waals surface area contributed by atoms with Gasteiger partial charge in [-0.25, -0.2) is 0 Å². The van der Waals surface area contributed by atoms with Crippen molar-refractivity contribution in [2.24, 2.45) is 0 Å². The van der Waals surface area contributed by atoms with Crippen LogP contribution in [0.3, 0.4) is 0 Å². The molecule has 0 fully saturated rings. The second-order valence-corrected chi connectivity index (χ2v) is 33.9. The number of benzene rings is 4. The zero-order valence-electron chi connectivity index (χ0n) is 29.1. The zero-order chi connectivity index (χ0) is 32.2. The monoisotopic (exact) mass is 699 g/mol. The van der Waals surface area contributed by atoms with Crippen LogP contribution in [0.1, 0.15) is 107 Å². The summed E-state index contributed by atoms with van der Waals surface area (Å²) in [6, 6.07) is 33.0. The van der Waals surface area contributed by atoms with Crippen molar-refractivity contribution in [3.8, 4) is 22.3 Å². The minimum absolute atomic E-state index is 0.692. The van der Waals surface area contributed by atoms with Crippen molar-refractivity contribution in [3.05, 3.63) is 129 Å². The summed E-state index contributed by atoms with van der Waals surface area (Å²) in [5.74, 6) is -0.950. The van der Waals surface area contributed by atoms with Crippen LogP contribution in [0.4, 0.5) is 0 Å². The molecule has 0 heterocycles. The Morgan fingerprint density at radius 2 is 0.935 bits per heavy atom. The third-order valence-corrected chi connectivity index (χ3v) is 32.4. The van der Waals surface area contributed by atoms with Crippen LogP contribution in [-0.4, -0.2) is 5.92 Å². The third-order valence-electron chi connectivity index (χ3n) is 10.7. The topological polar surface area (TPSA) is 0 Å². The summed E-state index contributed by atoms with van der Waals surface area (Å²) in [7, 11) is 0. The van der Waals surface area contributed by atoms with Crippen molar-refractivity contribution in [3.63, 3.8) is 0 Å². The fourth-order valence-electron chi connectivity index (χ4n) is 8.40. The molecule has 2 atom stereocenters. The normalized spacial score (nSPS) is 16.8. The van der Waals surface area contributed by atoms with Crippen LogP contribution in [0.25, 0.3) is 34.4 Å². The molecule has 2 aliphatic rings. The Labute approximate surface area is 288 Å². The molecule has 0 bridgehead atoms. The van der Waals surface area contributed by atoms with Gasteiger partial charge in [0.05, 0.1) is 0 Å². The van der Waals surface area contributed by atoms with E-state index in [1.807, 2.05) is 0 Å². The molecule has 4 aromatic rings. The number of aryl methyl sites for hydroxylation is 2. The van der Waals surface area contributed by atoms with Gasteiger partial charge >= 0.3 is 290 Å². The Bertz CT molecular complexity index is 1620. The molecule has 0 nitrogen and oxygen atoms in total. The van der Waals surface area contributed by atoms with Gasteiger partial charge in [-0.1, -0.05) is 0 Å². The first kappa shape index (κ1) is 33.4. The molecule has 0 amide bonds. The number of fused-ring (bicyclic) bond motifs is 2. The van der Waals surface area contributed by atoms with E-state index in [-0.39, 0.29) is 0 Å². The van der Waals surface area contributed by atoms with Crippen LogP contribution in [-0.2, 0) is 33.8 Å². The van der Waals surface area contributed by atoms with E-state index in [1.165, 1.54) is 71.9 Å². The van der Waals surface area contributed by atoms with Crippen LogP contribution >= 0.6 is 0 Å². The summed E-state index contributed by atoms with van der Waals surface area (Å²) >= 11 is -2.18. The van der Waals surface area contributed by atoms with Gasteiger partial charge in [0.25, 0.3) is 0 Å². The fourth-order valence-corrected chi connectivity index (χ4v) is 31.3. The van der Waals surface area contributed by atoms with Gasteiger partial charge in [0.2, 0.25) is 0 Å². The van der Waals surface area contributed by atoms with Gasteiger partial charge in [-0.3, -0.25) is 0 Å². The fraction of sp³-hybridized carbons (Fsp3) is 0.364. The first-order chi connectivity index (χ1) is 22.5. The number of hydrogen-bond acceptors (Lipinski definition) is 0. The SMILES string of the molecule is CCCCC1=Cc2c(-c3ccccc3CC)cccc2[CH]1[Zr]([CH]1C(CCCC)=Cc2c(-c3ccccc3CC)cccc21)[SiH](C)C. The van der Waals surface area contributed by atoms with Crippen LogP contribution in [0.15, 0.2) is 96.1 Å². The molecule has 0 spiro atoms. The van der Waals surface area contributed by atoms with Crippen molar-refractivity contribution in [1.29, 1.82) is 0 Å². The van der Waals surface area contributed by atoms with E-state index in [0.717, 1.165) is 12.8 Å². The summed E-state index contributed by atoms with van der Waals surface area (Å²) < 4.78 is 1.38. The number of hydrogen-bond donors (Lipinski definition) is 0. The number of unbranched alkanes of at least 4 members (excludes halogenated alkanes) is 2. The van der Waals surface area contributed by atoms with Crippen LogP contribution < -0.4 is 0 Å². The Balaban J connectivity index is 1.53. The Morgan fingerprint density at radius 3 is 1.33 bits per heavy atom. The molecule has 2 aliphatic carbocycles. The van der Waals surface area contributed by atoms with Crippen molar-refractivity contribution in [2.75, 3.05) is 0 Å². The van der Waals surface area contributed by atoms with Crippen LogP contribution in [0.2, 0.25) is 13.1 Å². The summed E-state index contributed by atoms with van der Waals surface area (Å²) in [6.07, 6.45) is 15.2. The minimum atomic E-state index is -2.18. The predicted octanol–water partition coefficient (Wildman–Crippen LogP) is 12.7. The first-order valence-electron chi connectivity index (χ1n) is 18.2. The standard InChI is InChI=1S/2C21H23.C2H7Si.Zr/c2*1-3-5-9-16-14-18-11-8-13-20(21(18)15-16)19-12-7-6-10-17(19)4-2;1-3-2;/h2*6-8,10-15H,3-5,9H2,1-2H3;3H,1-2H3;. The maximum absolute atomic E-state index is 2.73. The van der Waals surface area contributed by atoms with Gasteiger partial charge < -0.3 is 0 Å². The molecule has 6 rings (SSSR count). The molecule has 0 radical (unpaired) electrons. The van der Waals surface area contributed by atoms with Crippen LogP contribution in [0, 0.1) is 0 Å². The van der Waals surface area contributed by atoms with E-state index < -0.39 is 26.8 Å². The van der Waals surface area contributed by atoms with Gasteiger partial charge in [-0.2, -0.15) is 0 Å².